The summed E-state index contributed by atoms with van der Waals surface area (Å²) in [4.78, 5) is 27.0. The van der Waals surface area contributed by atoms with Gasteiger partial charge in [-0.15, -0.1) is 0 Å². The maximum atomic E-state index is 14.2. The lowest BCUT2D eigenvalue weighted by molar-refractivity contribution is -0.144. The summed E-state index contributed by atoms with van der Waals surface area (Å²) in [6, 6.07) is 7.49. The Bertz CT molecular complexity index is 1070. The second-order valence-electron chi connectivity index (χ2n) is 8.01. The van der Waals surface area contributed by atoms with Crippen LogP contribution in [0.2, 0.25) is 0 Å². The molecule has 1 atom stereocenters. The summed E-state index contributed by atoms with van der Waals surface area (Å²) in [6.45, 7) is 4.26. The number of hydrogen-bond acceptors (Lipinski definition) is 3. The molecule has 1 aliphatic heterocycles. The molecular weight excluding hydrogens is 445 g/mol. The van der Waals surface area contributed by atoms with Crippen LogP contribution in [0.25, 0.3) is 0 Å². The van der Waals surface area contributed by atoms with E-state index in [0.29, 0.717) is 5.56 Å². The smallest absolute Gasteiger partial charge is 0.416 e. The van der Waals surface area contributed by atoms with Gasteiger partial charge >= 0.3 is 12.1 Å². The van der Waals surface area contributed by atoms with Crippen LogP contribution in [-0.2, 0) is 27.0 Å². The fourth-order valence-electron chi connectivity index (χ4n) is 3.78. The van der Waals surface area contributed by atoms with Crippen LogP contribution in [0.4, 0.5) is 22.0 Å². The molecule has 0 aliphatic carbocycles. The van der Waals surface area contributed by atoms with Gasteiger partial charge in [0.15, 0.2) is 0 Å². The first-order valence-electron chi connectivity index (χ1n) is 10.2. The highest BCUT2D eigenvalue weighted by Gasteiger charge is 2.38. The summed E-state index contributed by atoms with van der Waals surface area (Å²) >= 11 is 0. The van der Waals surface area contributed by atoms with E-state index >= 15 is 0 Å². The summed E-state index contributed by atoms with van der Waals surface area (Å²) in [7, 11) is 0. The van der Waals surface area contributed by atoms with Gasteiger partial charge in [0.1, 0.15) is 11.6 Å². The number of rotatable bonds is 5. The van der Waals surface area contributed by atoms with Gasteiger partial charge in [-0.2, -0.15) is 13.2 Å². The van der Waals surface area contributed by atoms with E-state index in [1.54, 1.807) is 13.8 Å². The minimum Gasteiger partial charge on any atom is -0.460 e. The van der Waals surface area contributed by atoms with Crippen molar-refractivity contribution in [2.45, 2.75) is 51.9 Å². The number of allylic oxidation sites excluding steroid dienone is 1. The first kappa shape index (κ1) is 24.4. The van der Waals surface area contributed by atoms with Crippen LogP contribution in [0.5, 0.6) is 0 Å². The molecule has 0 spiro atoms. The quantitative estimate of drug-likeness (QED) is 0.417. The predicted octanol–water partition coefficient (Wildman–Crippen LogP) is 5.73. The Morgan fingerprint density at radius 2 is 1.67 bits per heavy atom. The van der Waals surface area contributed by atoms with E-state index in [-0.39, 0.29) is 23.3 Å². The zero-order valence-corrected chi connectivity index (χ0v) is 18.2. The molecule has 0 saturated carbocycles. The van der Waals surface area contributed by atoms with Crippen LogP contribution in [0.15, 0.2) is 53.7 Å². The highest BCUT2D eigenvalue weighted by atomic mass is 19.4. The minimum atomic E-state index is -4.54. The molecule has 1 aliphatic rings. The van der Waals surface area contributed by atoms with E-state index in [9.17, 15) is 31.5 Å². The van der Waals surface area contributed by atoms with Crippen LogP contribution >= 0.6 is 0 Å². The fraction of sp³-hybridized carbons (Fsp3) is 0.333. The van der Waals surface area contributed by atoms with Crippen molar-refractivity contribution in [1.82, 2.24) is 4.90 Å². The molecule has 9 heteroatoms. The number of ether oxygens (including phenoxy) is 1. The monoisotopic (exact) mass is 467 g/mol. The van der Waals surface area contributed by atoms with Gasteiger partial charge in [0, 0.05) is 23.6 Å². The van der Waals surface area contributed by atoms with Gasteiger partial charge in [-0.1, -0.05) is 18.2 Å². The van der Waals surface area contributed by atoms with Crippen LogP contribution in [0.1, 0.15) is 49.8 Å². The molecule has 2 aromatic rings. The number of esters is 1. The molecule has 3 rings (SSSR count). The Balaban J connectivity index is 2.06. The van der Waals surface area contributed by atoms with Crippen molar-refractivity contribution in [3.05, 3.63) is 82.1 Å². The third-order valence-corrected chi connectivity index (χ3v) is 5.40. The molecule has 0 bridgehead atoms. The topological polar surface area (TPSA) is 46.6 Å². The lowest BCUT2D eigenvalue weighted by Crippen LogP contribution is -2.38. The molecule has 33 heavy (non-hydrogen) atoms. The van der Waals surface area contributed by atoms with Crippen molar-refractivity contribution < 1.29 is 36.3 Å². The number of halogens is 5. The molecular formula is C24H22F5NO3. The molecule has 1 amide bonds. The Morgan fingerprint density at radius 3 is 2.18 bits per heavy atom. The largest absolute Gasteiger partial charge is 0.460 e. The van der Waals surface area contributed by atoms with Gasteiger partial charge in [0.05, 0.1) is 23.8 Å². The fourth-order valence-corrected chi connectivity index (χ4v) is 3.78. The van der Waals surface area contributed by atoms with Gasteiger partial charge in [-0.05, 0) is 50.6 Å². The molecule has 0 fully saturated rings. The number of benzene rings is 2. The molecule has 176 valence electrons. The van der Waals surface area contributed by atoms with Gasteiger partial charge in [-0.3, -0.25) is 4.79 Å². The number of nitrogens with zero attached hydrogens (tertiary/aromatic N) is 1. The molecule has 4 nitrogen and oxygen atoms in total. The highest BCUT2D eigenvalue weighted by Crippen LogP contribution is 2.39. The predicted molar refractivity (Wildman–Crippen MR) is 110 cm³/mol. The zero-order valence-electron chi connectivity index (χ0n) is 18.2. The second-order valence-corrected chi connectivity index (χ2v) is 8.01. The molecule has 1 heterocycles. The van der Waals surface area contributed by atoms with Crippen molar-refractivity contribution in [3.63, 3.8) is 0 Å². The molecule has 2 aromatic carbocycles. The maximum Gasteiger partial charge on any atom is 0.416 e. The van der Waals surface area contributed by atoms with E-state index in [4.69, 9.17) is 4.74 Å². The van der Waals surface area contributed by atoms with Crippen LogP contribution in [-0.4, -0.2) is 22.9 Å². The molecule has 0 aromatic heterocycles. The molecule has 0 saturated heterocycles. The summed E-state index contributed by atoms with van der Waals surface area (Å²) in [5, 5.41) is 0. The summed E-state index contributed by atoms with van der Waals surface area (Å²) < 4.78 is 72.5. The van der Waals surface area contributed by atoms with Crippen molar-refractivity contribution >= 4 is 11.9 Å². The summed E-state index contributed by atoms with van der Waals surface area (Å²) in [5.74, 6) is -3.83. The SMILES string of the molecule is CC1=C(C(=O)OC(C)C)[C@H](c2ccc(C(F)(F)F)cc2)CC(=O)N1Cc1c(F)cccc1F. The number of carbonyl (C=O) groups is 2. The zero-order chi connectivity index (χ0) is 24.5. The highest BCUT2D eigenvalue weighted by molar-refractivity contribution is 5.96. The standard InChI is InChI=1S/C24H22F5NO3/c1-13(2)33-23(32)22-14(3)30(12-18-19(25)5-4-6-20(18)26)21(31)11-17(22)15-7-9-16(10-8-15)24(27,28)29/h4-10,13,17H,11-12H2,1-3H3/t17-/m0/s1. The average Bonchev–Trinajstić information content (AvgIpc) is 2.71. The number of carbonyl (C=O) groups excluding carboxylic acids is 2. The van der Waals surface area contributed by atoms with E-state index in [0.717, 1.165) is 29.2 Å². The Morgan fingerprint density at radius 1 is 1.09 bits per heavy atom. The molecule has 0 unspecified atom stereocenters. The average molecular weight is 467 g/mol. The van der Waals surface area contributed by atoms with Crippen LogP contribution in [0, 0.1) is 11.6 Å². The van der Waals surface area contributed by atoms with Gasteiger partial charge in [0.25, 0.3) is 0 Å². The van der Waals surface area contributed by atoms with Crippen molar-refractivity contribution in [3.8, 4) is 0 Å². The number of amides is 1. The lowest BCUT2D eigenvalue weighted by Gasteiger charge is -2.35. The van der Waals surface area contributed by atoms with E-state index < -0.39 is 53.8 Å². The normalized spacial score (nSPS) is 17.1. The Labute approximate surface area is 187 Å². The first-order valence-corrected chi connectivity index (χ1v) is 10.2. The Hall–Kier alpha value is -3.23. The second kappa shape index (κ2) is 9.33. The van der Waals surface area contributed by atoms with Gasteiger partial charge in [-0.25, -0.2) is 13.6 Å². The van der Waals surface area contributed by atoms with Gasteiger partial charge in [0.2, 0.25) is 5.91 Å². The lowest BCUT2D eigenvalue weighted by atomic mass is 9.83. The van der Waals surface area contributed by atoms with E-state index in [1.807, 2.05) is 0 Å². The molecule has 0 radical (unpaired) electrons. The van der Waals surface area contributed by atoms with Gasteiger partial charge < -0.3 is 9.64 Å². The van der Waals surface area contributed by atoms with Crippen molar-refractivity contribution in [2.75, 3.05) is 0 Å². The first-order chi connectivity index (χ1) is 15.4. The Kier molecular flexibility index (Phi) is 6.90. The third-order valence-electron chi connectivity index (χ3n) is 5.40. The van der Waals surface area contributed by atoms with Crippen LogP contribution in [0.3, 0.4) is 0 Å². The summed E-state index contributed by atoms with van der Waals surface area (Å²) in [6.07, 6.45) is -5.31. The number of hydrogen-bond donors (Lipinski definition) is 0. The van der Waals surface area contributed by atoms with Crippen molar-refractivity contribution in [1.29, 1.82) is 0 Å². The summed E-state index contributed by atoms with van der Waals surface area (Å²) in [5.41, 5.74) is -0.695. The number of alkyl halides is 3. The molecule has 0 N–H and O–H groups in total. The minimum absolute atomic E-state index is 0.0554. The maximum absolute atomic E-state index is 14.2. The van der Waals surface area contributed by atoms with E-state index in [2.05, 4.69) is 0 Å². The van der Waals surface area contributed by atoms with Crippen LogP contribution < -0.4 is 0 Å². The third kappa shape index (κ3) is 5.23. The van der Waals surface area contributed by atoms with Crippen molar-refractivity contribution in [2.24, 2.45) is 0 Å². The van der Waals surface area contributed by atoms with E-state index in [1.165, 1.54) is 25.1 Å².